The van der Waals surface area contributed by atoms with Gasteiger partial charge in [0.15, 0.2) is 5.78 Å². The topological polar surface area (TPSA) is 86.8 Å². The van der Waals surface area contributed by atoms with Gasteiger partial charge in [0.05, 0.1) is 17.5 Å². The molecule has 1 aliphatic rings. The lowest BCUT2D eigenvalue weighted by Gasteiger charge is -2.36. The summed E-state index contributed by atoms with van der Waals surface area (Å²) in [6.07, 6.45) is 0. The van der Waals surface area contributed by atoms with E-state index in [9.17, 15) is 18.0 Å². The van der Waals surface area contributed by atoms with E-state index in [1.54, 1.807) is 11.3 Å². The van der Waals surface area contributed by atoms with Crippen LogP contribution >= 0.6 is 11.3 Å². The molecule has 0 saturated carbocycles. The van der Waals surface area contributed by atoms with Crippen molar-refractivity contribution in [2.75, 3.05) is 26.2 Å². The highest BCUT2D eigenvalue weighted by atomic mass is 32.2. The van der Waals surface area contributed by atoms with Crippen LogP contribution in [-0.2, 0) is 21.4 Å². The number of carbonyl (C=O) groups is 2. The number of piperazine rings is 1. The van der Waals surface area contributed by atoms with E-state index in [0.717, 1.165) is 4.88 Å². The third kappa shape index (κ3) is 5.11. The number of rotatable bonds is 7. The molecule has 7 nitrogen and oxygen atoms in total. The molecule has 1 fully saturated rings. The van der Waals surface area contributed by atoms with Crippen LogP contribution < -0.4 is 5.32 Å². The molecule has 156 valence electrons. The number of nitrogens with one attached hydrogen (secondary N) is 1. The van der Waals surface area contributed by atoms with Crippen LogP contribution in [0.4, 0.5) is 0 Å². The molecule has 29 heavy (non-hydrogen) atoms. The Kier molecular flexibility index (Phi) is 6.84. The normalized spacial score (nSPS) is 17.0. The standard InChI is InChI=1S/C20H25N3O4S2/c1-15(20(25)21-14-18-4-3-13-28-18)22-9-11-23(12-10-22)29(26,27)19-7-5-17(6-8-19)16(2)24/h3-8,13,15H,9-12,14H2,1-2H3,(H,21,25). The molecule has 0 bridgehead atoms. The van der Waals surface area contributed by atoms with Crippen molar-refractivity contribution >= 4 is 33.1 Å². The van der Waals surface area contributed by atoms with E-state index in [1.165, 1.54) is 35.5 Å². The fourth-order valence-electron chi connectivity index (χ4n) is 3.24. The van der Waals surface area contributed by atoms with Crippen molar-refractivity contribution in [2.45, 2.75) is 31.3 Å². The minimum Gasteiger partial charge on any atom is -0.350 e. The van der Waals surface area contributed by atoms with Crippen LogP contribution in [0.2, 0.25) is 0 Å². The number of thiophene rings is 1. The van der Waals surface area contributed by atoms with Crippen molar-refractivity contribution in [3.63, 3.8) is 0 Å². The summed E-state index contributed by atoms with van der Waals surface area (Å²) in [5.41, 5.74) is 0.483. The van der Waals surface area contributed by atoms with Gasteiger partial charge in [-0.2, -0.15) is 4.31 Å². The summed E-state index contributed by atoms with van der Waals surface area (Å²) in [5, 5.41) is 4.90. The highest BCUT2D eigenvalue weighted by molar-refractivity contribution is 7.89. The molecule has 1 atom stereocenters. The van der Waals surface area contributed by atoms with Gasteiger partial charge in [-0.15, -0.1) is 11.3 Å². The predicted molar refractivity (Wildman–Crippen MR) is 112 cm³/mol. The zero-order valence-electron chi connectivity index (χ0n) is 16.5. The Morgan fingerprint density at radius 2 is 1.76 bits per heavy atom. The maximum atomic E-state index is 12.9. The Morgan fingerprint density at radius 1 is 1.10 bits per heavy atom. The molecule has 2 aromatic rings. The highest BCUT2D eigenvalue weighted by Gasteiger charge is 2.31. The third-order valence-corrected chi connectivity index (χ3v) is 7.91. The van der Waals surface area contributed by atoms with Gasteiger partial charge in [-0.25, -0.2) is 8.42 Å². The number of ketones is 1. The molecule has 1 saturated heterocycles. The van der Waals surface area contributed by atoms with E-state index in [-0.39, 0.29) is 22.6 Å². The predicted octanol–water partition coefficient (Wildman–Crippen LogP) is 1.96. The quantitative estimate of drug-likeness (QED) is 0.672. The smallest absolute Gasteiger partial charge is 0.243 e. The highest BCUT2D eigenvalue weighted by Crippen LogP contribution is 2.19. The van der Waals surface area contributed by atoms with Crippen LogP contribution in [0.25, 0.3) is 0 Å². The maximum Gasteiger partial charge on any atom is 0.243 e. The summed E-state index contributed by atoms with van der Waals surface area (Å²) in [6.45, 7) is 5.40. The first-order valence-electron chi connectivity index (χ1n) is 9.44. The second-order valence-corrected chi connectivity index (χ2v) is 9.96. The average molecular weight is 436 g/mol. The van der Waals surface area contributed by atoms with Crippen LogP contribution in [0.15, 0.2) is 46.7 Å². The fourth-order valence-corrected chi connectivity index (χ4v) is 5.31. The number of benzene rings is 1. The molecule has 1 aromatic heterocycles. The molecule has 1 aromatic carbocycles. The molecule has 1 N–H and O–H groups in total. The molecule has 0 radical (unpaired) electrons. The molecule has 1 aliphatic heterocycles. The minimum absolute atomic E-state index is 0.0606. The average Bonchev–Trinajstić information content (AvgIpc) is 3.25. The molecule has 3 rings (SSSR count). The summed E-state index contributed by atoms with van der Waals surface area (Å²) >= 11 is 1.60. The number of carbonyl (C=O) groups excluding carboxylic acids is 2. The Morgan fingerprint density at radius 3 is 2.31 bits per heavy atom. The molecule has 9 heteroatoms. The molecule has 0 spiro atoms. The second kappa shape index (κ2) is 9.17. The number of amides is 1. The third-order valence-electron chi connectivity index (χ3n) is 5.12. The van der Waals surface area contributed by atoms with Crippen LogP contribution in [0, 0.1) is 0 Å². The van der Waals surface area contributed by atoms with Gasteiger partial charge >= 0.3 is 0 Å². The Bertz CT molecular complexity index is 948. The van der Waals surface area contributed by atoms with Crippen molar-refractivity contribution in [3.8, 4) is 0 Å². The van der Waals surface area contributed by atoms with E-state index >= 15 is 0 Å². The molecular formula is C20H25N3O4S2. The van der Waals surface area contributed by atoms with E-state index < -0.39 is 10.0 Å². The SMILES string of the molecule is CC(=O)c1ccc(S(=O)(=O)N2CCN(C(C)C(=O)NCc3cccs3)CC2)cc1. The summed E-state index contributed by atoms with van der Waals surface area (Å²) in [6, 6.07) is 9.61. The van der Waals surface area contributed by atoms with Crippen molar-refractivity contribution in [1.29, 1.82) is 0 Å². The van der Waals surface area contributed by atoms with Crippen molar-refractivity contribution in [2.24, 2.45) is 0 Å². The van der Waals surface area contributed by atoms with Crippen LogP contribution in [0.1, 0.15) is 29.1 Å². The number of hydrogen-bond donors (Lipinski definition) is 1. The van der Waals surface area contributed by atoms with Gasteiger partial charge < -0.3 is 5.32 Å². The largest absolute Gasteiger partial charge is 0.350 e. The van der Waals surface area contributed by atoms with Gasteiger partial charge in [0.2, 0.25) is 15.9 Å². The number of nitrogens with zero attached hydrogens (tertiary/aromatic N) is 2. The van der Waals surface area contributed by atoms with Gasteiger partial charge in [0, 0.05) is 36.6 Å². The molecule has 2 heterocycles. The van der Waals surface area contributed by atoms with Crippen LogP contribution in [0.5, 0.6) is 0 Å². The van der Waals surface area contributed by atoms with Gasteiger partial charge in [-0.05, 0) is 37.4 Å². The molecule has 1 amide bonds. The van der Waals surface area contributed by atoms with E-state index in [2.05, 4.69) is 5.32 Å². The summed E-state index contributed by atoms with van der Waals surface area (Å²) < 4.78 is 27.1. The summed E-state index contributed by atoms with van der Waals surface area (Å²) in [5.74, 6) is -0.163. The van der Waals surface area contributed by atoms with Crippen molar-refractivity contribution < 1.29 is 18.0 Å². The Labute approximate surface area is 175 Å². The fraction of sp³-hybridized carbons (Fsp3) is 0.400. The van der Waals surface area contributed by atoms with Gasteiger partial charge in [0.25, 0.3) is 0 Å². The summed E-state index contributed by atoms with van der Waals surface area (Å²) in [4.78, 5) is 27.1. The first-order chi connectivity index (χ1) is 13.8. The Hall–Kier alpha value is -2.07. The summed E-state index contributed by atoms with van der Waals surface area (Å²) in [7, 11) is -3.62. The number of sulfonamides is 1. The zero-order valence-corrected chi connectivity index (χ0v) is 18.1. The van der Waals surface area contributed by atoms with Crippen molar-refractivity contribution in [3.05, 3.63) is 52.2 Å². The van der Waals surface area contributed by atoms with Gasteiger partial charge in [-0.3, -0.25) is 14.5 Å². The van der Waals surface area contributed by atoms with Crippen molar-refractivity contribution in [1.82, 2.24) is 14.5 Å². The number of Topliss-reactive ketones (excluding diaryl/α,β-unsaturated/α-hetero) is 1. The molecule has 1 unspecified atom stereocenters. The first-order valence-corrected chi connectivity index (χ1v) is 11.8. The molecular weight excluding hydrogens is 410 g/mol. The molecule has 0 aliphatic carbocycles. The van der Waals surface area contributed by atoms with Crippen LogP contribution in [0.3, 0.4) is 0 Å². The number of hydrogen-bond acceptors (Lipinski definition) is 6. The monoisotopic (exact) mass is 435 g/mol. The lowest BCUT2D eigenvalue weighted by molar-refractivity contribution is -0.126. The van der Waals surface area contributed by atoms with Gasteiger partial charge in [-0.1, -0.05) is 18.2 Å². The van der Waals surface area contributed by atoms with E-state index in [1.807, 2.05) is 29.3 Å². The van der Waals surface area contributed by atoms with Gasteiger partial charge in [0.1, 0.15) is 0 Å². The first kappa shape index (κ1) is 21.6. The lowest BCUT2D eigenvalue weighted by atomic mass is 10.2. The van der Waals surface area contributed by atoms with E-state index in [0.29, 0.717) is 38.3 Å². The maximum absolute atomic E-state index is 12.9. The van der Waals surface area contributed by atoms with E-state index in [4.69, 9.17) is 0 Å². The Balaban J connectivity index is 1.56. The second-order valence-electron chi connectivity index (χ2n) is 6.99. The zero-order chi connectivity index (χ0) is 21.0. The van der Waals surface area contributed by atoms with Crippen LogP contribution in [-0.4, -0.2) is 61.5 Å². The lowest BCUT2D eigenvalue weighted by Crippen LogP contribution is -2.54. The minimum atomic E-state index is -3.62.